The van der Waals surface area contributed by atoms with Gasteiger partial charge in [-0.3, -0.25) is 4.79 Å². The maximum Gasteiger partial charge on any atom is 0.326 e. The number of amides is 1. The largest absolute Gasteiger partial charge is 0.480 e. The number of carboxylic acid groups (broad SMARTS) is 1. The van der Waals surface area contributed by atoms with Gasteiger partial charge in [-0.1, -0.05) is 0 Å². The number of carbonyl (C=O) groups excluding carboxylic acids is 1. The van der Waals surface area contributed by atoms with Gasteiger partial charge in [-0.05, 0) is 38.5 Å². The third kappa shape index (κ3) is 8.52. The average molecular weight is 276 g/mol. The van der Waals surface area contributed by atoms with Crippen LogP contribution in [0.4, 0.5) is 0 Å². The van der Waals surface area contributed by atoms with Crippen LogP contribution in [0.3, 0.4) is 0 Å². The van der Waals surface area contributed by atoms with Crippen molar-refractivity contribution in [3.63, 3.8) is 0 Å². The van der Waals surface area contributed by atoms with Crippen LogP contribution in [0.1, 0.15) is 38.5 Å². The zero-order valence-corrected chi connectivity index (χ0v) is 11.6. The van der Waals surface area contributed by atoms with E-state index in [-0.39, 0.29) is 5.91 Å². The van der Waals surface area contributed by atoms with Gasteiger partial charge >= 0.3 is 5.97 Å². The second kappa shape index (κ2) is 10.7. The molecule has 0 spiro atoms. The molecular formula is C12H28N4O3+2. The number of quaternary nitrogens is 2. The Kier molecular flexibility index (Phi) is 10.1. The predicted molar refractivity (Wildman–Crippen MR) is 70.8 cm³/mol. The van der Waals surface area contributed by atoms with E-state index in [1.807, 2.05) is 0 Å². The molecule has 0 aromatic carbocycles. The van der Waals surface area contributed by atoms with Crippen molar-refractivity contribution in [2.75, 3.05) is 13.1 Å². The number of rotatable bonds is 11. The molecule has 0 heterocycles. The third-order valence-corrected chi connectivity index (χ3v) is 2.96. The van der Waals surface area contributed by atoms with E-state index in [2.05, 4.69) is 16.8 Å². The highest BCUT2D eigenvalue weighted by Crippen LogP contribution is 2.03. The van der Waals surface area contributed by atoms with Crippen LogP contribution in [0, 0.1) is 0 Å². The fourth-order valence-electron chi connectivity index (χ4n) is 1.73. The molecule has 0 aromatic rings. The number of hydrogen-bond donors (Lipinski definition) is 5. The molecule has 0 aliphatic carbocycles. The molecule has 0 fully saturated rings. The molecule has 0 rings (SSSR count). The molecular weight excluding hydrogens is 248 g/mol. The molecule has 0 aliphatic rings. The summed E-state index contributed by atoms with van der Waals surface area (Å²) in [5.74, 6) is -1.39. The Morgan fingerprint density at radius 3 is 2.05 bits per heavy atom. The fourth-order valence-corrected chi connectivity index (χ4v) is 1.73. The van der Waals surface area contributed by atoms with Crippen molar-refractivity contribution in [1.29, 1.82) is 0 Å². The van der Waals surface area contributed by atoms with Crippen LogP contribution in [0.2, 0.25) is 0 Å². The van der Waals surface area contributed by atoms with Crippen LogP contribution in [0.25, 0.3) is 0 Å². The van der Waals surface area contributed by atoms with Crippen LogP contribution in [-0.4, -0.2) is 42.2 Å². The molecule has 0 saturated carbocycles. The molecule has 7 nitrogen and oxygen atoms in total. The quantitative estimate of drug-likeness (QED) is 0.270. The summed E-state index contributed by atoms with van der Waals surface area (Å²) in [5.41, 5.74) is 13.1. The first-order valence-corrected chi connectivity index (χ1v) is 6.90. The SMILES string of the molecule is NC(CCCC[NH3+])C(=O)NC(CCCC[NH3+])C(=O)O. The minimum Gasteiger partial charge on any atom is -0.480 e. The van der Waals surface area contributed by atoms with Gasteiger partial charge in [-0.25, -0.2) is 4.79 Å². The monoisotopic (exact) mass is 276 g/mol. The number of nitrogens with two attached hydrogens (primary N) is 1. The first-order valence-electron chi connectivity index (χ1n) is 6.90. The van der Waals surface area contributed by atoms with Crippen molar-refractivity contribution in [3.8, 4) is 0 Å². The van der Waals surface area contributed by atoms with Gasteiger partial charge in [0, 0.05) is 0 Å². The number of nitrogens with one attached hydrogen (secondary N) is 1. The minimum atomic E-state index is -1.01. The van der Waals surface area contributed by atoms with Crippen molar-refractivity contribution in [3.05, 3.63) is 0 Å². The molecule has 2 unspecified atom stereocenters. The predicted octanol–water partition coefficient (Wildman–Crippen LogP) is -2.29. The Labute approximate surface area is 113 Å². The molecule has 7 heteroatoms. The summed E-state index contributed by atoms with van der Waals surface area (Å²) in [6, 6.07) is -1.49. The van der Waals surface area contributed by atoms with E-state index in [9.17, 15) is 9.59 Å². The zero-order chi connectivity index (χ0) is 14.7. The molecule has 2 atom stereocenters. The van der Waals surface area contributed by atoms with Gasteiger partial charge < -0.3 is 27.6 Å². The van der Waals surface area contributed by atoms with Crippen molar-refractivity contribution in [2.45, 2.75) is 50.6 Å². The summed E-state index contributed by atoms with van der Waals surface area (Å²) in [7, 11) is 0. The molecule has 10 N–H and O–H groups in total. The molecule has 0 aromatic heterocycles. The van der Waals surface area contributed by atoms with E-state index in [0.717, 1.165) is 38.8 Å². The summed E-state index contributed by atoms with van der Waals surface area (Å²) < 4.78 is 0. The highest BCUT2D eigenvalue weighted by Gasteiger charge is 2.22. The zero-order valence-electron chi connectivity index (χ0n) is 11.6. The standard InChI is InChI=1S/C12H26N4O3/c13-7-3-1-5-9(15)11(17)16-10(12(18)19)6-2-4-8-14/h9-10H,1-8,13-15H2,(H,16,17)(H,18,19)/p+2. The Bertz CT molecular complexity index is 274. The summed E-state index contributed by atoms with van der Waals surface area (Å²) >= 11 is 0. The van der Waals surface area contributed by atoms with E-state index < -0.39 is 18.1 Å². The minimum absolute atomic E-state index is 0.383. The van der Waals surface area contributed by atoms with Crippen molar-refractivity contribution < 1.29 is 26.2 Å². The Balaban J connectivity index is 4.11. The highest BCUT2D eigenvalue weighted by atomic mass is 16.4. The maximum atomic E-state index is 11.8. The maximum absolute atomic E-state index is 11.8. The van der Waals surface area contributed by atoms with Gasteiger partial charge in [0.15, 0.2) is 0 Å². The molecule has 112 valence electrons. The molecule has 0 bridgehead atoms. The van der Waals surface area contributed by atoms with Gasteiger partial charge in [0.1, 0.15) is 6.04 Å². The van der Waals surface area contributed by atoms with Crippen LogP contribution in [-0.2, 0) is 9.59 Å². The molecule has 0 saturated heterocycles. The first-order chi connectivity index (χ1) is 9.02. The van der Waals surface area contributed by atoms with Gasteiger partial charge in [-0.15, -0.1) is 0 Å². The van der Waals surface area contributed by atoms with Gasteiger partial charge in [0.2, 0.25) is 5.91 Å². The fraction of sp³-hybridized carbons (Fsp3) is 0.833. The second-order valence-electron chi connectivity index (χ2n) is 4.70. The summed E-state index contributed by atoms with van der Waals surface area (Å²) in [4.78, 5) is 22.8. The van der Waals surface area contributed by atoms with Crippen molar-refractivity contribution in [2.24, 2.45) is 5.73 Å². The third-order valence-electron chi connectivity index (χ3n) is 2.96. The lowest BCUT2D eigenvalue weighted by Crippen LogP contribution is -2.51. The lowest BCUT2D eigenvalue weighted by molar-refractivity contribution is -0.369. The van der Waals surface area contributed by atoms with Gasteiger partial charge in [0.05, 0.1) is 19.1 Å². The van der Waals surface area contributed by atoms with Crippen LogP contribution in [0.5, 0.6) is 0 Å². The van der Waals surface area contributed by atoms with Crippen LogP contribution in [0.15, 0.2) is 0 Å². The molecule has 1 amide bonds. The first kappa shape index (κ1) is 17.8. The lowest BCUT2D eigenvalue weighted by Gasteiger charge is -2.17. The number of carbonyl (C=O) groups is 2. The highest BCUT2D eigenvalue weighted by molar-refractivity contribution is 5.86. The molecule has 0 aliphatic heterocycles. The van der Waals surface area contributed by atoms with Crippen LogP contribution < -0.4 is 22.5 Å². The average Bonchev–Trinajstić information content (AvgIpc) is 2.37. The summed E-state index contributed by atoms with van der Waals surface area (Å²) in [5, 5.41) is 11.5. The van der Waals surface area contributed by atoms with E-state index in [1.165, 1.54) is 0 Å². The second-order valence-corrected chi connectivity index (χ2v) is 4.70. The van der Waals surface area contributed by atoms with E-state index in [1.54, 1.807) is 0 Å². The van der Waals surface area contributed by atoms with Crippen molar-refractivity contribution >= 4 is 11.9 Å². The van der Waals surface area contributed by atoms with Gasteiger partial charge in [0.25, 0.3) is 0 Å². The van der Waals surface area contributed by atoms with E-state index >= 15 is 0 Å². The van der Waals surface area contributed by atoms with Crippen LogP contribution >= 0.6 is 0 Å². The number of aliphatic carboxylic acids is 1. The number of hydrogen-bond acceptors (Lipinski definition) is 3. The summed E-state index contributed by atoms with van der Waals surface area (Å²) in [6.45, 7) is 1.59. The Hall–Kier alpha value is -1.18. The molecule has 0 radical (unpaired) electrons. The Morgan fingerprint density at radius 2 is 1.58 bits per heavy atom. The van der Waals surface area contributed by atoms with E-state index in [0.29, 0.717) is 12.8 Å². The molecule has 19 heavy (non-hydrogen) atoms. The Morgan fingerprint density at radius 1 is 1.05 bits per heavy atom. The van der Waals surface area contributed by atoms with Crippen molar-refractivity contribution in [1.82, 2.24) is 5.32 Å². The summed E-state index contributed by atoms with van der Waals surface area (Å²) in [6.07, 6.45) is 4.33. The number of unbranched alkanes of at least 4 members (excludes halogenated alkanes) is 2. The van der Waals surface area contributed by atoms with Gasteiger partial charge in [-0.2, -0.15) is 0 Å². The normalized spacial score (nSPS) is 13.8. The topological polar surface area (TPSA) is 148 Å². The van der Waals surface area contributed by atoms with E-state index in [4.69, 9.17) is 10.8 Å². The smallest absolute Gasteiger partial charge is 0.326 e. The number of carboxylic acids is 1. The lowest BCUT2D eigenvalue weighted by atomic mass is 10.1.